The molecule has 2 rings (SSSR count). The van der Waals surface area contributed by atoms with Crippen LogP contribution in [0.25, 0.3) is 0 Å². The van der Waals surface area contributed by atoms with E-state index in [4.69, 9.17) is 21.1 Å². The van der Waals surface area contributed by atoms with Gasteiger partial charge in [0.2, 0.25) is 0 Å². The number of carbonyl (C=O) groups is 3. The first-order chi connectivity index (χ1) is 12.5. The van der Waals surface area contributed by atoms with Crippen molar-refractivity contribution in [2.45, 2.75) is 39.5 Å². The minimum absolute atomic E-state index is 0.0648. The van der Waals surface area contributed by atoms with Gasteiger partial charge in [-0.05, 0) is 56.9 Å². The van der Waals surface area contributed by atoms with Crippen LogP contribution >= 0.6 is 11.6 Å². The van der Waals surface area contributed by atoms with E-state index >= 15 is 0 Å². The Balaban J connectivity index is 2.30. The van der Waals surface area contributed by atoms with E-state index in [-0.39, 0.29) is 19.0 Å². The number of ether oxygens (including phenoxy) is 2. The number of carbonyl (C=O) groups excluding carboxylic acids is 3. The van der Waals surface area contributed by atoms with Crippen LogP contribution in [0.2, 0.25) is 5.02 Å². The number of benzene rings is 1. The lowest BCUT2D eigenvalue weighted by molar-refractivity contribution is -0.165. The van der Waals surface area contributed by atoms with Gasteiger partial charge in [0.15, 0.2) is 11.7 Å². The Kier molecular flexibility index (Phi) is 7.64. The van der Waals surface area contributed by atoms with Gasteiger partial charge in [0.05, 0.1) is 13.2 Å². The molecule has 0 aliphatic heterocycles. The summed E-state index contributed by atoms with van der Waals surface area (Å²) in [5.41, 5.74) is 0.540. The van der Waals surface area contributed by atoms with Gasteiger partial charge in [0, 0.05) is 16.5 Å². The highest BCUT2D eigenvalue weighted by atomic mass is 35.5. The molecule has 0 heterocycles. The quantitative estimate of drug-likeness (QED) is 0.405. The molecule has 0 amide bonds. The largest absolute Gasteiger partial charge is 0.465 e. The van der Waals surface area contributed by atoms with Gasteiger partial charge in [0.25, 0.3) is 0 Å². The number of halogens is 1. The minimum atomic E-state index is -1.06. The number of ketones is 1. The van der Waals surface area contributed by atoms with Gasteiger partial charge in [-0.2, -0.15) is 0 Å². The van der Waals surface area contributed by atoms with Gasteiger partial charge in [0.1, 0.15) is 0 Å². The molecule has 1 aliphatic carbocycles. The van der Waals surface area contributed by atoms with Crippen LogP contribution in [-0.2, 0) is 19.1 Å². The van der Waals surface area contributed by atoms with Crippen molar-refractivity contribution in [2.24, 2.45) is 17.8 Å². The molecule has 0 aromatic heterocycles. The molecule has 0 saturated heterocycles. The number of hydrogen-bond acceptors (Lipinski definition) is 5. The van der Waals surface area contributed by atoms with E-state index in [1.165, 1.54) is 0 Å². The van der Waals surface area contributed by atoms with Gasteiger partial charge in [-0.15, -0.1) is 0 Å². The summed E-state index contributed by atoms with van der Waals surface area (Å²) in [5, 5.41) is 0.553. The highest BCUT2D eigenvalue weighted by molar-refractivity contribution is 6.30. The summed E-state index contributed by atoms with van der Waals surface area (Å²) in [7, 11) is 0. The van der Waals surface area contributed by atoms with Crippen LogP contribution in [0.3, 0.4) is 0 Å². The van der Waals surface area contributed by atoms with Crippen molar-refractivity contribution in [3.63, 3.8) is 0 Å². The Morgan fingerprint density at radius 3 is 2.08 bits per heavy atom. The molecule has 1 aromatic rings. The van der Waals surface area contributed by atoms with E-state index < -0.39 is 29.7 Å². The molecular formula is C20H25ClO5. The van der Waals surface area contributed by atoms with Crippen LogP contribution in [-0.4, -0.2) is 30.9 Å². The Hall–Kier alpha value is -1.88. The second-order valence-electron chi connectivity index (χ2n) is 6.41. The van der Waals surface area contributed by atoms with Gasteiger partial charge < -0.3 is 9.47 Å². The van der Waals surface area contributed by atoms with Crippen molar-refractivity contribution < 1.29 is 23.9 Å². The van der Waals surface area contributed by atoms with Crippen LogP contribution in [0.15, 0.2) is 24.3 Å². The third kappa shape index (κ3) is 4.85. The number of rotatable bonds is 7. The van der Waals surface area contributed by atoms with Crippen LogP contribution < -0.4 is 0 Å². The average Bonchev–Trinajstić information content (AvgIpc) is 2.63. The standard InChI is InChI=1S/C20H25ClO5/c1-3-25-19(23)17(20(24)26-4-2)15-7-5-6-8-16(15)18(22)13-9-11-14(21)12-10-13/h9-12,15-17H,3-8H2,1-2H3/t15-,16-/m1/s1. The van der Waals surface area contributed by atoms with Crippen molar-refractivity contribution >= 4 is 29.3 Å². The average molecular weight is 381 g/mol. The fraction of sp³-hybridized carbons (Fsp3) is 0.550. The van der Waals surface area contributed by atoms with Crippen molar-refractivity contribution in [3.05, 3.63) is 34.9 Å². The molecule has 0 unspecified atom stereocenters. The van der Waals surface area contributed by atoms with Crippen LogP contribution in [0.4, 0.5) is 0 Å². The van der Waals surface area contributed by atoms with Crippen molar-refractivity contribution in [1.82, 2.24) is 0 Å². The van der Waals surface area contributed by atoms with Crippen LogP contribution in [0.1, 0.15) is 49.9 Å². The first kappa shape index (κ1) is 20.4. The summed E-state index contributed by atoms with van der Waals surface area (Å²) in [5.74, 6) is -3.16. The molecule has 0 N–H and O–H groups in total. The Bertz CT molecular complexity index is 622. The number of hydrogen-bond donors (Lipinski definition) is 0. The third-order valence-electron chi connectivity index (χ3n) is 4.79. The monoisotopic (exact) mass is 380 g/mol. The normalized spacial score (nSPS) is 19.8. The molecule has 2 atom stereocenters. The maximum Gasteiger partial charge on any atom is 0.320 e. The Labute approximate surface area is 159 Å². The summed E-state index contributed by atoms with van der Waals surface area (Å²) in [6.07, 6.45) is 3.01. The van der Waals surface area contributed by atoms with Gasteiger partial charge in [-0.1, -0.05) is 24.4 Å². The Morgan fingerprint density at radius 2 is 1.54 bits per heavy atom. The first-order valence-electron chi connectivity index (χ1n) is 9.12. The molecule has 1 aliphatic rings. The maximum atomic E-state index is 13.0. The van der Waals surface area contributed by atoms with E-state index in [1.54, 1.807) is 38.1 Å². The van der Waals surface area contributed by atoms with E-state index in [2.05, 4.69) is 0 Å². The van der Waals surface area contributed by atoms with Crippen LogP contribution in [0, 0.1) is 17.8 Å². The zero-order chi connectivity index (χ0) is 19.1. The topological polar surface area (TPSA) is 69.7 Å². The summed E-state index contributed by atoms with van der Waals surface area (Å²) >= 11 is 5.90. The second-order valence-corrected chi connectivity index (χ2v) is 6.84. The summed E-state index contributed by atoms with van der Waals surface area (Å²) in [4.78, 5) is 38.0. The highest BCUT2D eigenvalue weighted by Crippen LogP contribution is 2.38. The fourth-order valence-electron chi connectivity index (χ4n) is 3.62. The molecule has 6 heteroatoms. The van der Waals surface area contributed by atoms with Crippen molar-refractivity contribution in [3.8, 4) is 0 Å². The predicted octanol–water partition coefficient (Wildman–Crippen LogP) is 4.07. The van der Waals surface area contributed by atoms with E-state index in [9.17, 15) is 14.4 Å². The molecule has 1 saturated carbocycles. The molecule has 0 radical (unpaired) electrons. The zero-order valence-electron chi connectivity index (χ0n) is 15.2. The molecule has 1 aromatic carbocycles. The van der Waals surface area contributed by atoms with E-state index in [0.29, 0.717) is 23.4 Å². The van der Waals surface area contributed by atoms with Gasteiger partial charge in [-0.3, -0.25) is 14.4 Å². The Morgan fingerprint density at radius 1 is 1.00 bits per heavy atom. The van der Waals surface area contributed by atoms with Crippen LogP contribution in [0.5, 0.6) is 0 Å². The molecular weight excluding hydrogens is 356 g/mol. The van der Waals surface area contributed by atoms with Crippen molar-refractivity contribution in [1.29, 1.82) is 0 Å². The molecule has 142 valence electrons. The lowest BCUT2D eigenvalue weighted by atomic mass is 9.69. The lowest BCUT2D eigenvalue weighted by Gasteiger charge is -2.34. The van der Waals surface area contributed by atoms with E-state index in [0.717, 1.165) is 12.8 Å². The number of esters is 2. The summed E-state index contributed by atoms with van der Waals surface area (Å²) in [6, 6.07) is 6.70. The molecule has 0 spiro atoms. The predicted molar refractivity (Wildman–Crippen MR) is 98.0 cm³/mol. The molecule has 0 bridgehead atoms. The molecule has 5 nitrogen and oxygen atoms in total. The summed E-state index contributed by atoms with van der Waals surface area (Å²) < 4.78 is 10.2. The second kappa shape index (κ2) is 9.72. The number of Topliss-reactive ketones (excluding diaryl/α,β-unsaturated/α-hetero) is 1. The highest BCUT2D eigenvalue weighted by Gasteiger charge is 2.44. The zero-order valence-corrected chi connectivity index (χ0v) is 16.0. The lowest BCUT2D eigenvalue weighted by Crippen LogP contribution is -2.41. The SMILES string of the molecule is CCOC(=O)C(C(=O)OCC)[C@@H]1CCCC[C@H]1C(=O)c1ccc(Cl)cc1. The maximum absolute atomic E-state index is 13.0. The van der Waals surface area contributed by atoms with E-state index in [1.807, 2.05) is 0 Å². The fourth-order valence-corrected chi connectivity index (χ4v) is 3.75. The third-order valence-corrected chi connectivity index (χ3v) is 5.05. The smallest absolute Gasteiger partial charge is 0.320 e. The molecule has 1 fully saturated rings. The van der Waals surface area contributed by atoms with Crippen molar-refractivity contribution in [2.75, 3.05) is 13.2 Å². The minimum Gasteiger partial charge on any atom is -0.465 e. The molecule has 26 heavy (non-hydrogen) atoms. The van der Waals surface area contributed by atoms with Gasteiger partial charge >= 0.3 is 11.9 Å². The summed E-state index contributed by atoms with van der Waals surface area (Å²) in [6.45, 7) is 3.74. The first-order valence-corrected chi connectivity index (χ1v) is 9.50. The van der Waals surface area contributed by atoms with Gasteiger partial charge in [-0.25, -0.2) is 0 Å².